The Morgan fingerprint density at radius 1 is 1.11 bits per heavy atom. The van der Waals surface area contributed by atoms with Crippen LogP contribution in [0.2, 0.25) is 0 Å². The third kappa shape index (κ3) is 3.82. The van der Waals surface area contributed by atoms with E-state index in [9.17, 15) is 0 Å². The first-order valence-corrected chi connectivity index (χ1v) is 8.53. The van der Waals surface area contributed by atoms with Crippen LogP contribution < -0.4 is 5.32 Å². The zero-order valence-electron chi connectivity index (χ0n) is 12.1. The van der Waals surface area contributed by atoms with Crippen molar-refractivity contribution in [2.45, 2.75) is 57.3 Å². The van der Waals surface area contributed by atoms with Crippen molar-refractivity contribution in [3.8, 4) is 0 Å². The summed E-state index contributed by atoms with van der Waals surface area (Å²) in [4.78, 5) is 0. The lowest BCUT2D eigenvalue weighted by Gasteiger charge is -2.35. The van der Waals surface area contributed by atoms with Gasteiger partial charge in [0.25, 0.3) is 0 Å². The predicted molar refractivity (Wildman–Crippen MR) is 86.7 cm³/mol. The molecule has 0 spiro atoms. The Morgan fingerprint density at radius 2 is 1.79 bits per heavy atom. The highest BCUT2D eigenvalue weighted by molar-refractivity contribution is 9.10. The van der Waals surface area contributed by atoms with Crippen LogP contribution in [0.3, 0.4) is 0 Å². The highest BCUT2D eigenvalue weighted by Gasteiger charge is 2.33. The second kappa shape index (κ2) is 7.44. The van der Waals surface area contributed by atoms with Gasteiger partial charge in [0.1, 0.15) is 0 Å². The molecule has 1 fully saturated rings. The molecule has 0 radical (unpaired) electrons. The van der Waals surface area contributed by atoms with E-state index in [2.05, 4.69) is 52.4 Å². The minimum absolute atomic E-state index is 0.339. The van der Waals surface area contributed by atoms with Gasteiger partial charge in [-0.15, -0.1) is 0 Å². The topological polar surface area (TPSA) is 12.0 Å². The largest absolute Gasteiger partial charge is 0.316 e. The average molecular weight is 324 g/mol. The minimum Gasteiger partial charge on any atom is -0.316 e. The van der Waals surface area contributed by atoms with Gasteiger partial charge in [0, 0.05) is 16.4 Å². The van der Waals surface area contributed by atoms with Gasteiger partial charge >= 0.3 is 0 Å². The van der Waals surface area contributed by atoms with E-state index in [1.165, 1.54) is 55.0 Å². The molecule has 0 saturated heterocycles. The Hall–Kier alpha value is -0.340. The Balaban J connectivity index is 2.24. The molecule has 0 aliphatic heterocycles. The van der Waals surface area contributed by atoms with Crippen molar-refractivity contribution in [2.24, 2.45) is 0 Å². The Labute approximate surface area is 126 Å². The third-order valence-electron chi connectivity index (χ3n) is 4.40. The molecular formula is C17H26BrN. The molecule has 1 saturated carbocycles. The van der Waals surface area contributed by atoms with Gasteiger partial charge < -0.3 is 5.32 Å². The van der Waals surface area contributed by atoms with E-state index in [0.717, 1.165) is 13.1 Å². The Kier molecular flexibility index (Phi) is 5.90. The molecule has 0 heterocycles. The summed E-state index contributed by atoms with van der Waals surface area (Å²) < 4.78 is 1.29. The number of nitrogens with one attached hydrogen (secondary N) is 1. The number of hydrogen-bond donors (Lipinski definition) is 1. The van der Waals surface area contributed by atoms with E-state index in [-0.39, 0.29) is 0 Å². The van der Waals surface area contributed by atoms with Crippen molar-refractivity contribution in [3.63, 3.8) is 0 Å². The first-order valence-electron chi connectivity index (χ1n) is 7.74. The van der Waals surface area contributed by atoms with Crippen LogP contribution in [0.1, 0.15) is 57.4 Å². The molecule has 2 rings (SSSR count). The molecule has 0 atom stereocenters. The summed E-state index contributed by atoms with van der Waals surface area (Å²) in [6.45, 7) is 4.50. The van der Waals surface area contributed by atoms with E-state index in [1.54, 1.807) is 0 Å². The van der Waals surface area contributed by atoms with Crippen molar-refractivity contribution in [3.05, 3.63) is 34.3 Å². The van der Waals surface area contributed by atoms with Crippen LogP contribution in [0, 0.1) is 0 Å². The Morgan fingerprint density at radius 3 is 2.42 bits per heavy atom. The van der Waals surface area contributed by atoms with Gasteiger partial charge in [0.2, 0.25) is 0 Å². The number of rotatable bonds is 5. The maximum atomic E-state index is 3.77. The van der Waals surface area contributed by atoms with Crippen LogP contribution in [0.4, 0.5) is 0 Å². The second-order valence-corrected chi connectivity index (χ2v) is 6.71. The normalized spacial score (nSPS) is 19.1. The molecular weight excluding hydrogens is 298 g/mol. The van der Waals surface area contributed by atoms with Crippen molar-refractivity contribution in [1.29, 1.82) is 0 Å². The molecule has 1 aliphatic rings. The highest BCUT2D eigenvalue weighted by Crippen LogP contribution is 2.40. The maximum Gasteiger partial charge on any atom is 0.0213 e. The van der Waals surface area contributed by atoms with Crippen molar-refractivity contribution >= 4 is 15.9 Å². The zero-order chi connectivity index (χ0) is 13.6. The summed E-state index contributed by atoms with van der Waals surface area (Å²) in [6.07, 6.45) is 9.41. The smallest absolute Gasteiger partial charge is 0.0213 e. The predicted octanol–water partition coefficient (Wildman–Crippen LogP) is 5.04. The van der Waals surface area contributed by atoms with Crippen molar-refractivity contribution < 1.29 is 0 Å². The summed E-state index contributed by atoms with van der Waals surface area (Å²) >= 11 is 3.77. The van der Waals surface area contributed by atoms with Crippen LogP contribution in [-0.4, -0.2) is 13.1 Å². The van der Waals surface area contributed by atoms with E-state index < -0.39 is 0 Å². The highest BCUT2D eigenvalue weighted by atomic mass is 79.9. The van der Waals surface area contributed by atoms with E-state index in [0.29, 0.717) is 5.41 Å². The minimum atomic E-state index is 0.339. The average Bonchev–Trinajstić information content (AvgIpc) is 2.66. The number of benzene rings is 1. The molecule has 1 aliphatic carbocycles. The SMILES string of the molecule is CCCNCC1(c2ccccc2Br)CCCCCC1. The second-order valence-electron chi connectivity index (χ2n) is 5.85. The first kappa shape index (κ1) is 15.1. The zero-order valence-corrected chi connectivity index (χ0v) is 13.6. The Bertz CT molecular complexity index is 381. The first-order chi connectivity index (χ1) is 9.28. The van der Waals surface area contributed by atoms with Crippen LogP contribution in [0.15, 0.2) is 28.7 Å². The summed E-state index contributed by atoms with van der Waals surface area (Å²) in [5.74, 6) is 0. The molecule has 19 heavy (non-hydrogen) atoms. The molecule has 2 heteroatoms. The molecule has 0 bridgehead atoms. The van der Waals surface area contributed by atoms with Crippen molar-refractivity contribution in [2.75, 3.05) is 13.1 Å². The monoisotopic (exact) mass is 323 g/mol. The van der Waals surface area contributed by atoms with Crippen LogP contribution in [-0.2, 0) is 5.41 Å². The molecule has 1 aromatic carbocycles. The standard InChI is InChI=1S/C17H26BrN/c1-2-13-19-14-17(11-7-3-4-8-12-17)15-9-5-6-10-16(15)18/h5-6,9-10,19H,2-4,7-8,11-14H2,1H3. The number of halogens is 1. The van der Waals surface area contributed by atoms with Gasteiger partial charge in [-0.1, -0.05) is 66.7 Å². The van der Waals surface area contributed by atoms with Gasteiger partial charge in [0.05, 0.1) is 0 Å². The molecule has 0 aromatic heterocycles. The molecule has 1 nitrogen and oxygen atoms in total. The maximum absolute atomic E-state index is 3.77. The van der Waals surface area contributed by atoms with Crippen LogP contribution in [0.5, 0.6) is 0 Å². The van der Waals surface area contributed by atoms with Crippen LogP contribution in [0.25, 0.3) is 0 Å². The molecule has 0 amide bonds. The van der Waals surface area contributed by atoms with Crippen molar-refractivity contribution in [1.82, 2.24) is 5.32 Å². The summed E-state index contributed by atoms with van der Waals surface area (Å²) in [7, 11) is 0. The summed E-state index contributed by atoms with van der Waals surface area (Å²) in [5, 5.41) is 3.68. The van der Waals surface area contributed by atoms with Gasteiger partial charge in [-0.3, -0.25) is 0 Å². The molecule has 1 aromatic rings. The number of hydrogen-bond acceptors (Lipinski definition) is 1. The quantitative estimate of drug-likeness (QED) is 0.591. The van der Waals surface area contributed by atoms with E-state index in [1.807, 2.05) is 0 Å². The van der Waals surface area contributed by atoms with Gasteiger partial charge in [0.15, 0.2) is 0 Å². The third-order valence-corrected chi connectivity index (χ3v) is 5.09. The lowest BCUT2D eigenvalue weighted by molar-refractivity contribution is 0.346. The van der Waals surface area contributed by atoms with Gasteiger partial charge in [-0.2, -0.15) is 0 Å². The summed E-state index contributed by atoms with van der Waals surface area (Å²) in [6, 6.07) is 8.83. The lowest BCUT2D eigenvalue weighted by atomic mass is 9.74. The fourth-order valence-electron chi connectivity index (χ4n) is 3.34. The fraction of sp³-hybridized carbons (Fsp3) is 0.647. The molecule has 0 unspecified atom stereocenters. The van der Waals surface area contributed by atoms with Gasteiger partial charge in [-0.05, 0) is 37.4 Å². The summed E-state index contributed by atoms with van der Waals surface area (Å²) in [5.41, 5.74) is 1.85. The lowest BCUT2D eigenvalue weighted by Crippen LogP contribution is -2.38. The van der Waals surface area contributed by atoms with Crippen LogP contribution >= 0.6 is 15.9 Å². The fourth-order valence-corrected chi connectivity index (χ4v) is 4.05. The molecule has 1 N–H and O–H groups in total. The molecule has 106 valence electrons. The van der Waals surface area contributed by atoms with E-state index in [4.69, 9.17) is 0 Å². The van der Waals surface area contributed by atoms with E-state index >= 15 is 0 Å². The van der Waals surface area contributed by atoms with Gasteiger partial charge in [-0.25, -0.2) is 0 Å².